The van der Waals surface area contributed by atoms with E-state index in [-0.39, 0.29) is 6.04 Å². The summed E-state index contributed by atoms with van der Waals surface area (Å²) in [5.41, 5.74) is 6.61. The summed E-state index contributed by atoms with van der Waals surface area (Å²) < 4.78 is 0.987. The van der Waals surface area contributed by atoms with Crippen molar-refractivity contribution in [2.75, 3.05) is 0 Å². The Balaban J connectivity index is 2.97. The minimum Gasteiger partial charge on any atom is -0.391 e. The third kappa shape index (κ3) is 2.80. The Labute approximate surface area is 96.2 Å². The quantitative estimate of drug-likeness (QED) is 0.824. The van der Waals surface area contributed by atoms with E-state index in [0.717, 1.165) is 9.13 Å². The van der Waals surface area contributed by atoms with Crippen LogP contribution in [0, 0.1) is 3.57 Å². The second-order valence-electron chi connectivity index (χ2n) is 2.94. The molecule has 0 heterocycles. The lowest BCUT2D eigenvalue weighted by Gasteiger charge is -2.15. The molecule has 0 aliphatic carbocycles. The van der Waals surface area contributed by atoms with Crippen LogP contribution in [0.25, 0.3) is 0 Å². The van der Waals surface area contributed by atoms with E-state index in [9.17, 15) is 5.11 Å². The molecule has 1 aromatic rings. The number of halogens is 2. The van der Waals surface area contributed by atoms with Gasteiger partial charge in [-0.1, -0.05) is 17.7 Å². The minimum atomic E-state index is -0.559. The van der Waals surface area contributed by atoms with Crippen molar-refractivity contribution < 1.29 is 5.11 Å². The summed E-state index contributed by atoms with van der Waals surface area (Å²) in [6, 6.07) is 5.20. The van der Waals surface area contributed by atoms with Crippen molar-refractivity contribution >= 4 is 34.2 Å². The maximum atomic E-state index is 9.26. The molecule has 0 saturated carbocycles. The van der Waals surface area contributed by atoms with Crippen molar-refractivity contribution in [3.8, 4) is 0 Å². The van der Waals surface area contributed by atoms with E-state index in [1.807, 2.05) is 12.1 Å². The topological polar surface area (TPSA) is 46.2 Å². The number of rotatable bonds is 2. The molecular weight excluding hydrogens is 300 g/mol. The van der Waals surface area contributed by atoms with E-state index in [0.29, 0.717) is 5.02 Å². The third-order valence-electron chi connectivity index (χ3n) is 1.85. The molecule has 0 saturated heterocycles. The zero-order chi connectivity index (χ0) is 10.0. The van der Waals surface area contributed by atoms with E-state index in [4.69, 9.17) is 17.3 Å². The summed E-state index contributed by atoms with van der Waals surface area (Å²) in [4.78, 5) is 0. The standard InChI is InChI=1S/C9H11ClINO/c1-5(13)9(12)6-2-3-8(11)7(10)4-6/h2-5,9,13H,12H2,1H3/t5?,9-/m1/s1. The van der Waals surface area contributed by atoms with Crippen LogP contribution in [-0.4, -0.2) is 11.2 Å². The number of hydrogen-bond donors (Lipinski definition) is 2. The average Bonchev–Trinajstić information content (AvgIpc) is 2.08. The molecule has 1 unspecified atom stereocenters. The van der Waals surface area contributed by atoms with Gasteiger partial charge < -0.3 is 10.8 Å². The van der Waals surface area contributed by atoms with Crippen molar-refractivity contribution in [3.05, 3.63) is 32.4 Å². The highest BCUT2D eigenvalue weighted by Gasteiger charge is 2.12. The fourth-order valence-electron chi connectivity index (χ4n) is 0.998. The Hall–Kier alpha value is 0.160. The van der Waals surface area contributed by atoms with Crippen molar-refractivity contribution in [2.45, 2.75) is 19.1 Å². The number of hydrogen-bond acceptors (Lipinski definition) is 2. The van der Waals surface area contributed by atoms with Gasteiger partial charge in [-0.2, -0.15) is 0 Å². The maximum absolute atomic E-state index is 9.26. The number of aliphatic hydroxyl groups excluding tert-OH is 1. The van der Waals surface area contributed by atoms with Gasteiger partial charge in [0.1, 0.15) is 0 Å². The molecule has 0 aliphatic rings. The van der Waals surface area contributed by atoms with Gasteiger partial charge in [-0.3, -0.25) is 0 Å². The largest absolute Gasteiger partial charge is 0.391 e. The number of benzene rings is 1. The smallest absolute Gasteiger partial charge is 0.0704 e. The Morgan fingerprint density at radius 3 is 2.62 bits per heavy atom. The highest BCUT2D eigenvalue weighted by atomic mass is 127. The van der Waals surface area contributed by atoms with Crippen LogP contribution in [0.15, 0.2) is 18.2 Å². The van der Waals surface area contributed by atoms with Crippen LogP contribution < -0.4 is 5.73 Å². The van der Waals surface area contributed by atoms with Gasteiger partial charge in [0, 0.05) is 3.57 Å². The zero-order valence-corrected chi connectivity index (χ0v) is 10.1. The first-order chi connectivity index (χ1) is 6.02. The Morgan fingerprint density at radius 1 is 1.54 bits per heavy atom. The van der Waals surface area contributed by atoms with Crippen LogP contribution in [0.2, 0.25) is 5.02 Å². The third-order valence-corrected chi connectivity index (χ3v) is 3.42. The Morgan fingerprint density at radius 2 is 2.15 bits per heavy atom. The maximum Gasteiger partial charge on any atom is 0.0704 e. The molecule has 0 spiro atoms. The lowest BCUT2D eigenvalue weighted by molar-refractivity contribution is 0.164. The van der Waals surface area contributed by atoms with Gasteiger partial charge in [0.15, 0.2) is 0 Å². The van der Waals surface area contributed by atoms with Gasteiger partial charge in [0.05, 0.1) is 17.2 Å². The van der Waals surface area contributed by atoms with E-state index >= 15 is 0 Å². The summed E-state index contributed by atoms with van der Waals surface area (Å²) in [5.74, 6) is 0. The van der Waals surface area contributed by atoms with Crippen molar-refractivity contribution in [1.29, 1.82) is 0 Å². The molecule has 3 N–H and O–H groups in total. The molecule has 0 bridgehead atoms. The molecule has 0 aliphatic heterocycles. The molecule has 4 heteroatoms. The first-order valence-corrected chi connectivity index (χ1v) is 5.36. The van der Waals surface area contributed by atoms with E-state index in [1.54, 1.807) is 13.0 Å². The van der Waals surface area contributed by atoms with E-state index in [2.05, 4.69) is 22.6 Å². The highest BCUT2D eigenvalue weighted by molar-refractivity contribution is 14.1. The number of nitrogens with two attached hydrogens (primary N) is 1. The monoisotopic (exact) mass is 311 g/mol. The van der Waals surface area contributed by atoms with Gasteiger partial charge in [-0.05, 0) is 47.2 Å². The average molecular weight is 312 g/mol. The fourth-order valence-corrected chi connectivity index (χ4v) is 1.52. The van der Waals surface area contributed by atoms with Gasteiger partial charge in [0.2, 0.25) is 0 Å². The summed E-state index contributed by atoms with van der Waals surface area (Å²) in [5, 5.41) is 9.94. The second kappa shape index (κ2) is 4.59. The molecule has 0 amide bonds. The van der Waals surface area contributed by atoms with Gasteiger partial charge >= 0.3 is 0 Å². The summed E-state index contributed by atoms with van der Waals surface area (Å²) in [7, 11) is 0. The van der Waals surface area contributed by atoms with E-state index < -0.39 is 6.10 Å². The van der Waals surface area contributed by atoms with Crippen molar-refractivity contribution in [2.24, 2.45) is 5.73 Å². The molecule has 0 fully saturated rings. The second-order valence-corrected chi connectivity index (χ2v) is 4.51. The highest BCUT2D eigenvalue weighted by Crippen LogP contribution is 2.23. The van der Waals surface area contributed by atoms with Gasteiger partial charge in [-0.25, -0.2) is 0 Å². The van der Waals surface area contributed by atoms with Crippen LogP contribution in [0.4, 0.5) is 0 Å². The Bertz CT molecular complexity index is 304. The summed E-state index contributed by atoms with van der Waals surface area (Å²) >= 11 is 8.06. The lowest BCUT2D eigenvalue weighted by atomic mass is 10.0. The summed E-state index contributed by atoms with van der Waals surface area (Å²) in [6.45, 7) is 1.66. The fraction of sp³-hybridized carbons (Fsp3) is 0.333. The van der Waals surface area contributed by atoms with Crippen LogP contribution in [-0.2, 0) is 0 Å². The Kier molecular flexibility index (Phi) is 3.97. The normalized spacial score (nSPS) is 15.5. The molecule has 2 atom stereocenters. The van der Waals surface area contributed by atoms with Gasteiger partial charge in [-0.15, -0.1) is 0 Å². The molecule has 0 aromatic heterocycles. The van der Waals surface area contributed by atoms with Gasteiger partial charge in [0.25, 0.3) is 0 Å². The SMILES string of the molecule is CC(O)[C@@H](N)c1ccc(I)c(Cl)c1. The van der Waals surface area contributed by atoms with Crippen LogP contribution in [0.5, 0.6) is 0 Å². The van der Waals surface area contributed by atoms with Crippen LogP contribution in [0.3, 0.4) is 0 Å². The van der Waals surface area contributed by atoms with Crippen molar-refractivity contribution in [3.63, 3.8) is 0 Å². The van der Waals surface area contributed by atoms with E-state index in [1.165, 1.54) is 0 Å². The first kappa shape index (κ1) is 11.2. The number of aliphatic hydroxyl groups is 1. The predicted molar refractivity (Wildman–Crippen MR) is 62.8 cm³/mol. The van der Waals surface area contributed by atoms with Crippen LogP contribution in [0.1, 0.15) is 18.5 Å². The molecule has 1 rings (SSSR count). The minimum absolute atomic E-state index is 0.366. The first-order valence-electron chi connectivity index (χ1n) is 3.91. The predicted octanol–water partition coefficient (Wildman–Crippen LogP) is 2.33. The van der Waals surface area contributed by atoms with Crippen LogP contribution >= 0.6 is 34.2 Å². The molecule has 2 nitrogen and oxygen atoms in total. The lowest BCUT2D eigenvalue weighted by Crippen LogP contribution is -2.23. The molecule has 0 radical (unpaired) electrons. The molecule has 72 valence electrons. The zero-order valence-electron chi connectivity index (χ0n) is 7.17. The molecular formula is C9H11ClINO. The molecule has 1 aromatic carbocycles. The van der Waals surface area contributed by atoms with Crippen molar-refractivity contribution in [1.82, 2.24) is 0 Å². The summed E-state index contributed by atoms with van der Waals surface area (Å²) in [6.07, 6.45) is -0.559. The molecule has 13 heavy (non-hydrogen) atoms.